The molecule has 0 heterocycles. The van der Waals surface area contributed by atoms with E-state index >= 15 is 0 Å². The first-order valence-corrected chi connectivity index (χ1v) is 29.9. The third kappa shape index (κ3) is 85.3. The molecule has 71 heavy (non-hydrogen) atoms. The van der Waals surface area contributed by atoms with E-state index in [9.17, 15) is 14.4 Å². The summed E-state index contributed by atoms with van der Waals surface area (Å²) in [5.74, 6) is 0.636. The molecule has 0 aromatic rings. The molecule has 7 N–H and O–H groups in total. The van der Waals surface area contributed by atoms with Crippen molar-refractivity contribution in [3.8, 4) is 0 Å². The summed E-state index contributed by atoms with van der Waals surface area (Å²) in [5, 5.41) is 59.6. The molecule has 0 rings (SSSR count). The van der Waals surface area contributed by atoms with Crippen LogP contribution in [0.5, 0.6) is 0 Å². The minimum absolute atomic E-state index is 0.0342. The van der Waals surface area contributed by atoms with Gasteiger partial charge in [0.1, 0.15) is 12.2 Å². The molecule has 0 aromatic carbocycles. The summed E-state index contributed by atoms with van der Waals surface area (Å²) in [6.07, 6.45) is 50.1. The number of rotatable bonds is 51. The minimum atomic E-state index is -0.916. The number of unbranched alkanes of at least 4 members (excludes halogenated alkanes) is 33. The molecule has 0 aliphatic carbocycles. The van der Waals surface area contributed by atoms with Crippen LogP contribution in [0.3, 0.4) is 0 Å². The molecule has 0 spiro atoms. The van der Waals surface area contributed by atoms with Crippen molar-refractivity contribution in [2.45, 2.75) is 323 Å². The summed E-state index contributed by atoms with van der Waals surface area (Å²) in [5.41, 5.74) is 0. The van der Waals surface area contributed by atoms with Crippen LogP contribution < -0.4 is 0 Å². The monoisotopic (exact) mass is 1020 g/mol. The van der Waals surface area contributed by atoms with Gasteiger partial charge >= 0.3 is 17.9 Å². The van der Waals surface area contributed by atoms with Gasteiger partial charge in [-0.05, 0) is 37.0 Å². The molecule has 0 saturated heterocycles. The summed E-state index contributed by atoms with van der Waals surface area (Å²) in [6, 6.07) is 0. The minimum Gasteiger partial charge on any atom is -0.481 e. The zero-order chi connectivity index (χ0) is 53.9. The van der Waals surface area contributed by atoms with E-state index in [-0.39, 0.29) is 26.4 Å². The second-order valence-electron chi connectivity index (χ2n) is 21.9. The lowest BCUT2D eigenvalue weighted by Crippen LogP contribution is -2.25. The standard InChI is InChI=1S/3C18H36O2.C6H14O5/c3*1-17(2)15-13-11-9-7-5-3-4-6-8-10-12-14-16-18(19)20;7-1-5(9)3-11-4-6(10)2-8/h3*17H,3-16H2,1-2H3,(H,19,20);5-10H,1-4H2. The summed E-state index contributed by atoms with van der Waals surface area (Å²) < 4.78 is 4.72. The van der Waals surface area contributed by atoms with Crippen molar-refractivity contribution < 1.29 is 54.9 Å². The average Bonchev–Trinajstić information content (AvgIpc) is 3.31. The molecule has 0 aliphatic rings. The van der Waals surface area contributed by atoms with Gasteiger partial charge in [-0.1, -0.05) is 273 Å². The van der Waals surface area contributed by atoms with E-state index in [2.05, 4.69) is 41.5 Å². The van der Waals surface area contributed by atoms with Crippen molar-refractivity contribution in [1.29, 1.82) is 0 Å². The predicted octanol–water partition coefficient (Wildman–Crippen LogP) is 16.3. The second kappa shape index (κ2) is 64.3. The van der Waals surface area contributed by atoms with Crippen molar-refractivity contribution >= 4 is 17.9 Å². The summed E-state index contributed by atoms with van der Waals surface area (Å²) in [4.78, 5) is 31.0. The Hall–Kier alpha value is -1.79. The number of carboxylic acids is 3. The van der Waals surface area contributed by atoms with E-state index in [4.69, 9.17) is 40.5 Å². The number of carbonyl (C=O) groups is 3. The Morgan fingerprint density at radius 1 is 0.296 bits per heavy atom. The number of ether oxygens (including phenoxy) is 1. The van der Waals surface area contributed by atoms with Crippen LogP contribution in [0.25, 0.3) is 0 Å². The maximum Gasteiger partial charge on any atom is 0.303 e. The molecule has 0 saturated carbocycles. The van der Waals surface area contributed by atoms with E-state index in [1.54, 1.807) is 0 Å². The van der Waals surface area contributed by atoms with Gasteiger partial charge in [0.05, 0.1) is 26.4 Å². The molecule has 0 amide bonds. The first-order chi connectivity index (χ1) is 34.1. The Morgan fingerprint density at radius 3 is 0.592 bits per heavy atom. The third-order valence-electron chi connectivity index (χ3n) is 12.8. The molecule has 2 atom stereocenters. The van der Waals surface area contributed by atoms with Crippen LogP contribution in [0.15, 0.2) is 0 Å². The quantitative estimate of drug-likeness (QED) is 0.0286. The Bertz CT molecular complexity index is 918. The molecule has 11 heteroatoms. The number of aliphatic hydroxyl groups excluding tert-OH is 4. The van der Waals surface area contributed by atoms with Gasteiger partial charge in [0.15, 0.2) is 0 Å². The van der Waals surface area contributed by atoms with Crippen molar-refractivity contribution in [1.82, 2.24) is 0 Å². The van der Waals surface area contributed by atoms with Gasteiger partial charge in [-0.3, -0.25) is 14.4 Å². The highest BCUT2D eigenvalue weighted by atomic mass is 16.5. The Morgan fingerprint density at radius 2 is 0.451 bits per heavy atom. The van der Waals surface area contributed by atoms with Gasteiger partial charge < -0.3 is 40.5 Å². The van der Waals surface area contributed by atoms with E-state index in [1.807, 2.05) is 0 Å². The summed E-state index contributed by atoms with van der Waals surface area (Å²) in [6.45, 7) is 13.0. The first-order valence-electron chi connectivity index (χ1n) is 29.9. The van der Waals surface area contributed by atoms with Gasteiger partial charge in [0, 0.05) is 19.3 Å². The van der Waals surface area contributed by atoms with Crippen LogP contribution in [0.1, 0.15) is 311 Å². The highest BCUT2D eigenvalue weighted by Crippen LogP contribution is 2.17. The van der Waals surface area contributed by atoms with Gasteiger partial charge in [-0.25, -0.2) is 0 Å². The normalized spacial score (nSPS) is 12.0. The Labute approximate surface area is 438 Å². The largest absolute Gasteiger partial charge is 0.481 e. The van der Waals surface area contributed by atoms with Crippen molar-refractivity contribution in [2.75, 3.05) is 26.4 Å². The second-order valence-corrected chi connectivity index (χ2v) is 21.9. The molecule has 428 valence electrons. The van der Waals surface area contributed by atoms with Crippen molar-refractivity contribution in [3.63, 3.8) is 0 Å². The fourth-order valence-electron chi connectivity index (χ4n) is 8.24. The number of carboxylic acid groups (broad SMARTS) is 3. The molecule has 0 aliphatic heterocycles. The molecule has 0 fully saturated rings. The van der Waals surface area contributed by atoms with E-state index in [1.165, 1.54) is 212 Å². The maximum absolute atomic E-state index is 10.3. The van der Waals surface area contributed by atoms with Crippen LogP contribution in [0, 0.1) is 17.8 Å². The SMILES string of the molecule is CC(C)CCCCCCCCCCCCCCC(=O)O.CC(C)CCCCCCCCCCCCCCC(=O)O.CC(C)CCCCCCCCCCCCCCC(=O)O.OCC(O)COCC(O)CO. The first kappa shape index (κ1) is 75.7. The molecule has 2 unspecified atom stereocenters. The Kier molecular flexibility index (Phi) is 68.6. The third-order valence-corrected chi connectivity index (χ3v) is 12.8. The lowest BCUT2D eigenvalue weighted by atomic mass is 10.0. The zero-order valence-corrected chi connectivity index (χ0v) is 47.7. The molecular formula is C60H122O11. The molecule has 0 radical (unpaired) electrons. The van der Waals surface area contributed by atoms with Gasteiger partial charge in [-0.2, -0.15) is 0 Å². The average molecular weight is 1020 g/mol. The van der Waals surface area contributed by atoms with E-state index < -0.39 is 30.1 Å². The Balaban J connectivity index is -0.000000430. The number of hydrogen-bond donors (Lipinski definition) is 7. The highest BCUT2D eigenvalue weighted by molar-refractivity contribution is 5.67. The van der Waals surface area contributed by atoms with E-state index in [0.717, 1.165) is 56.3 Å². The van der Waals surface area contributed by atoms with Crippen LogP contribution >= 0.6 is 0 Å². The molecule has 0 bridgehead atoms. The molecule has 11 nitrogen and oxygen atoms in total. The lowest BCUT2D eigenvalue weighted by Gasteiger charge is -2.10. The lowest BCUT2D eigenvalue weighted by molar-refractivity contribution is -0.138. The zero-order valence-electron chi connectivity index (χ0n) is 47.7. The van der Waals surface area contributed by atoms with Crippen molar-refractivity contribution in [2.24, 2.45) is 17.8 Å². The summed E-state index contributed by atoms with van der Waals surface area (Å²) >= 11 is 0. The van der Waals surface area contributed by atoms with Crippen LogP contribution in [0.2, 0.25) is 0 Å². The molecular weight excluding hydrogens is 897 g/mol. The van der Waals surface area contributed by atoms with Gasteiger partial charge in [0.25, 0.3) is 0 Å². The fourth-order valence-corrected chi connectivity index (χ4v) is 8.24. The number of aliphatic hydroxyl groups is 4. The van der Waals surface area contributed by atoms with Crippen LogP contribution in [-0.4, -0.2) is 92.3 Å². The van der Waals surface area contributed by atoms with Crippen molar-refractivity contribution in [3.05, 3.63) is 0 Å². The maximum atomic E-state index is 10.3. The topological polar surface area (TPSA) is 202 Å². The fraction of sp³-hybridized carbons (Fsp3) is 0.950. The number of aliphatic carboxylic acids is 3. The number of hydrogen-bond acceptors (Lipinski definition) is 8. The predicted molar refractivity (Wildman–Crippen MR) is 298 cm³/mol. The smallest absolute Gasteiger partial charge is 0.303 e. The molecule has 0 aromatic heterocycles. The highest BCUT2D eigenvalue weighted by Gasteiger charge is 2.06. The van der Waals surface area contributed by atoms with Gasteiger partial charge in [0.2, 0.25) is 0 Å². The van der Waals surface area contributed by atoms with E-state index in [0.29, 0.717) is 19.3 Å². The van der Waals surface area contributed by atoms with Crippen LogP contribution in [0.4, 0.5) is 0 Å². The van der Waals surface area contributed by atoms with Crippen LogP contribution in [-0.2, 0) is 19.1 Å². The summed E-state index contributed by atoms with van der Waals surface area (Å²) in [7, 11) is 0. The van der Waals surface area contributed by atoms with Gasteiger partial charge in [-0.15, -0.1) is 0 Å².